The van der Waals surface area contributed by atoms with E-state index in [0.29, 0.717) is 37.4 Å². The molecule has 1 N–H and O–H groups in total. The second-order valence-corrected chi connectivity index (χ2v) is 21.2. The van der Waals surface area contributed by atoms with Gasteiger partial charge < -0.3 is 38.8 Å². The number of thiazole rings is 1. The SMILES string of the molecule is C=CC(=O)N1CCN(C(=O)N(C)[C@H](C(=O)N[C@H]2Cc3nc(cs3)-c3ccc4c(c3)c(c(-c3cccnc3[C@H](C)OC)n4CC)CC(C)(C)COC(=O)[C@@H]3CCCN(C2=O)N3S)C(C)C)CC12COC2. The van der Waals surface area contributed by atoms with Gasteiger partial charge in [0.15, 0.2) is 0 Å². The highest BCUT2D eigenvalue weighted by atomic mass is 32.1. The zero-order chi connectivity index (χ0) is 49.5. The summed E-state index contributed by atoms with van der Waals surface area (Å²) in [5.74, 6) is -2.08. The summed E-state index contributed by atoms with van der Waals surface area (Å²) in [5, 5.41) is 8.05. The third-order valence-corrected chi connectivity index (χ3v) is 15.4. The molecule has 0 saturated carbocycles. The minimum absolute atomic E-state index is 0.0340. The molecule has 0 aliphatic carbocycles. The molecule has 3 fully saturated rings. The Morgan fingerprint density at radius 2 is 1.88 bits per heavy atom. The first-order chi connectivity index (χ1) is 32.9. The first-order valence-electron chi connectivity index (χ1n) is 23.8. The lowest BCUT2D eigenvalue weighted by Gasteiger charge is -2.55. The molecule has 4 atom stereocenters. The van der Waals surface area contributed by atoms with Gasteiger partial charge in [-0.2, -0.15) is 4.41 Å². The van der Waals surface area contributed by atoms with Crippen molar-refractivity contribution in [2.75, 3.05) is 60.2 Å². The number of aromatic nitrogens is 3. The van der Waals surface area contributed by atoms with E-state index in [2.05, 4.69) is 61.5 Å². The number of methoxy groups -OCH3 is 1. The van der Waals surface area contributed by atoms with Gasteiger partial charge in [-0.05, 0) is 74.9 Å². The summed E-state index contributed by atoms with van der Waals surface area (Å²) in [5.41, 5.74) is 5.31. The lowest BCUT2D eigenvalue weighted by Crippen LogP contribution is -2.74. The van der Waals surface area contributed by atoms with Crippen LogP contribution in [0.4, 0.5) is 4.79 Å². The summed E-state index contributed by atoms with van der Waals surface area (Å²) >= 11 is 6.16. The monoisotopic (exact) mass is 983 g/mol. The second kappa shape index (κ2) is 20.2. The Morgan fingerprint density at radius 3 is 2.57 bits per heavy atom. The van der Waals surface area contributed by atoms with Crippen molar-refractivity contribution in [1.82, 2.24) is 44.0 Å². The van der Waals surface area contributed by atoms with Crippen molar-refractivity contribution in [3.63, 3.8) is 0 Å². The van der Waals surface area contributed by atoms with E-state index in [0.717, 1.165) is 44.7 Å². The molecule has 6 bridgehead atoms. The third-order valence-electron chi connectivity index (χ3n) is 14.0. The van der Waals surface area contributed by atoms with Crippen LogP contribution in [0.1, 0.15) is 76.8 Å². The maximum Gasteiger partial charge on any atom is 0.326 e. The first kappa shape index (κ1) is 50.1. The molecule has 4 aliphatic heterocycles. The number of carbonyl (C=O) groups excluding carboxylic acids is 5. The van der Waals surface area contributed by atoms with Gasteiger partial charge in [-0.25, -0.2) is 9.78 Å². The Labute approximate surface area is 413 Å². The molecule has 0 radical (unpaired) electrons. The number of aryl methyl sites for hydroxylation is 1. The summed E-state index contributed by atoms with van der Waals surface area (Å²) in [6, 6.07) is 6.99. The summed E-state index contributed by atoms with van der Waals surface area (Å²) in [7, 11) is 3.27. The molecule has 1 aromatic carbocycles. The fraction of sp³-hybridized carbons (Fsp3) is 0.540. The average Bonchev–Trinajstić information content (AvgIpc) is 3.92. The molecule has 0 unspecified atom stereocenters. The number of hydrogen-bond donors (Lipinski definition) is 2. The van der Waals surface area contributed by atoms with Crippen LogP contribution in [-0.4, -0.2) is 152 Å². The fourth-order valence-corrected chi connectivity index (χ4v) is 11.6. The maximum atomic E-state index is 14.9. The molecule has 8 rings (SSSR count). The van der Waals surface area contributed by atoms with E-state index >= 15 is 0 Å². The van der Waals surface area contributed by atoms with Gasteiger partial charge in [-0.15, -0.1) is 11.3 Å². The predicted octanol–water partition coefficient (Wildman–Crippen LogP) is 5.94. The fourth-order valence-electron chi connectivity index (χ4n) is 10.4. The standard InChI is InChI=1S/C50H65N9O8S2/c1-10-41(60)57-21-20-55(26-50(57)28-66-29-50)48(64)54(8)43(30(3)4)45(61)53-36-23-40-52-37(25-69-40)32-16-17-38-34(22-32)35(44(56(38)11-2)33-14-12-18-51-42(33)31(5)65-9)24-49(6,7)27-67-47(63)39-15-13-19-58(46(36)62)59(39)68/h10,12,14,16-18,22,25,30-31,36,39,43,68H,1,11,13,15,19-21,23-24,26-29H2,2-9H3,(H,53,61)/t31-,36-,39-,43-/m0/s1. The van der Waals surface area contributed by atoms with Crippen LogP contribution in [0.25, 0.3) is 33.4 Å². The molecule has 4 aromatic rings. The molecule has 3 saturated heterocycles. The molecule has 19 heteroatoms. The number of hydrogen-bond acceptors (Lipinski definition) is 13. The Morgan fingerprint density at radius 1 is 1.12 bits per heavy atom. The van der Waals surface area contributed by atoms with Crippen molar-refractivity contribution in [1.29, 1.82) is 0 Å². The normalized spacial score (nSPS) is 21.6. The lowest BCUT2D eigenvalue weighted by atomic mass is 9.84. The van der Waals surface area contributed by atoms with E-state index in [1.54, 1.807) is 30.2 Å². The van der Waals surface area contributed by atoms with E-state index in [-0.39, 0.29) is 69.8 Å². The van der Waals surface area contributed by atoms with Gasteiger partial charge in [-0.1, -0.05) is 53.2 Å². The number of nitrogens with one attached hydrogen (secondary N) is 1. The molecule has 17 nitrogen and oxygen atoms in total. The smallest absolute Gasteiger partial charge is 0.326 e. The molecule has 7 heterocycles. The number of cyclic esters (lactones) is 1. The highest BCUT2D eigenvalue weighted by Gasteiger charge is 2.51. The number of carbonyl (C=O) groups is 5. The molecule has 3 aromatic heterocycles. The number of likely N-dealkylation sites (N-methyl/N-ethyl adjacent to an activating group) is 1. The number of urea groups is 1. The number of ether oxygens (including phenoxy) is 3. The van der Waals surface area contributed by atoms with Crippen LogP contribution in [0.15, 0.2) is 54.6 Å². The largest absolute Gasteiger partial charge is 0.464 e. The van der Waals surface area contributed by atoms with Gasteiger partial charge in [0.2, 0.25) is 11.8 Å². The minimum atomic E-state index is -1.15. The van der Waals surface area contributed by atoms with Crippen LogP contribution < -0.4 is 5.32 Å². The van der Waals surface area contributed by atoms with Crippen molar-refractivity contribution < 1.29 is 38.2 Å². The van der Waals surface area contributed by atoms with Crippen LogP contribution in [0.2, 0.25) is 0 Å². The van der Waals surface area contributed by atoms with Gasteiger partial charge >= 0.3 is 12.0 Å². The van der Waals surface area contributed by atoms with Crippen molar-refractivity contribution in [2.45, 2.75) is 104 Å². The maximum absolute atomic E-state index is 14.9. The zero-order valence-corrected chi connectivity index (χ0v) is 42.6. The van der Waals surface area contributed by atoms with Gasteiger partial charge in [0, 0.05) is 85.8 Å². The van der Waals surface area contributed by atoms with Crippen molar-refractivity contribution in [3.05, 3.63) is 70.8 Å². The van der Waals surface area contributed by atoms with Gasteiger partial charge in [0.1, 0.15) is 23.7 Å². The van der Waals surface area contributed by atoms with E-state index < -0.39 is 46.9 Å². The quantitative estimate of drug-likeness (QED) is 0.116. The number of fused-ring (bicyclic) bond motifs is 6. The first-order valence-corrected chi connectivity index (χ1v) is 25.1. The number of benzene rings is 1. The molecule has 5 amide bonds. The predicted molar refractivity (Wildman–Crippen MR) is 266 cm³/mol. The number of amides is 5. The molecular formula is C50H65N9O8S2. The number of nitrogens with zero attached hydrogens (tertiary/aromatic N) is 8. The number of pyridine rings is 1. The number of piperazine rings is 1. The third kappa shape index (κ3) is 9.64. The van der Waals surface area contributed by atoms with E-state index in [1.165, 1.54) is 31.7 Å². The van der Waals surface area contributed by atoms with Gasteiger partial charge in [-0.3, -0.25) is 29.2 Å². The van der Waals surface area contributed by atoms with E-state index in [9.17, 15) is 24.0 Å². The summed E-state index contributed by atoms with van der Waals surface area (Å²) < 4.78 is 21.2. The highest BCUT2D eigenvalue weighted by molar-refractivity contribution is 7.77. The summed E-state index contributed by atoms with van der Waals surface area (Å²) in [6.45, 7) is 18.0. The van der Waals surface area contributed by atoms with Crippen molar-refractivity contribution >= 4 is 64.8 Å². The minimum Gasteiger partial charge on any atom is -0.464 e. The van der Waals surface area contributed by atoms with Crippen LogP contribution in [0.5, 0.6) is 0 Å². The summed E-state index contributed by atoms with van der Waals surface area (Å²) in [4.78, 5) is 85.4. The van der Waals surface area contributed by atoms with E-state index in [1.807, 2.05) is 32.2 Å². The number of thiol groups is 1. The van der Waals surface area contributed by atoms with Crippen LogP contribution in [0.3, 0.4) is 0 Å². The Bertz CT molecular complexity index is 2630. The van der Waals surface area contributed by atoms with Crippen LogP contribution in [0, 0.1) is 11.3 Å². The molecule has 1 spiro atoms. The average molecular weight is 984 g/mol. The second-order valence-electron chi connectivity index (χ2n) is 19.8. The molecular weight excluding hydrogens is 919 g/mol. The molecule has 4 aliphatic rings. The zero-order valence-electron chi connectivity index (χ0n) is 40.9. The van der Waals surface area contributed by atoms with E-state index in [4.69, 9.17) is 37.0 Å². The Kier molecular flexibility index (Phi) is 14.6. The Balaban J connectivity index is 1.15. The van der Waals surface area contributed by atoms with Crippen molar-refractivity contribution in [2.24, 2.45) is 11.3 Å². The number of rotatable bonds is 9. The number of esters is 1. The topological polar surface area (TPSA) is 172 Å². The van der Waals surface area contributed by atoms with Gasteiger partial charge in [0.25, 0.3) is 5.91 Å². The molecule has 370 valence electrons. The lowest BCUT2D eigenvalue weighted by molar-refractivity contribution is -0.176. The van der Waals surface area contributed by atoms with Crippen LogP contribution in [-0.2, 0) is 52.8 Å². The van der Waals surface area contributed by atoms with Crippen molar-refractivity contribution in [3.8, 4) is 22.5 Å². The summed E-state index contributed by atoms with van der Waals surface area (Å²) in [6.07, 6.45) is 4.28. The van der Waals surface area contributed by atoms with Crippen LogP contribution >= 0.6 is 24.2 Å². The Hall–Kier alpha value is -5.34. The highest BCUT2D eigenvalue weighted by Crippen LogP contribution is 2.42. The van der Waals surface area contributed by atoms with Gasteiger partial charge in [0.05, 0.1) is 54.6 Å². The number of hydrazine groups is 1. The molecule has 69 heavy (non-hydrogen) atoms.